The SMILES string of the molecule is CC.COC1=CNC(C(F)F)C=C1C1=C(C(=O)NC2=NNC(C#CC3CC3)S2)CN(C)C(C#CC(C)(C)N2CC(C)(C)C2)=C1. The van der Waals surface area contributed by atoms with Crippen LogP contribution in [0.2, 0.25) is 0 Å². The number of amides is 1. The summed E-state index contributed by atoms with van der Waals surface area (Å²) in [6.45, 7) is 14.8. The van der Waals surface area contributed by atoms with Crippen molar-refractivity contribution in [3.05, 3.63) is 46.5 Å². The normalized spacial score (nSPS) is 24.3. The lowest BCUT2D eigenvalue weighted by molar-refractivity contribution is -0.116. The molecule has 0 bridgehead atoms. The van der Waals surface area contributed by atoms with Gasteiger partial charge in [0.05, 0.1) is 18.3 Å². The molecule has 4 heterocycles. The van der Waals surface area contributed by atoms with Gasteiger partial charge in [-0.15, -0.1) is 0 Å². The number of dihydropyridines is 1. The van der Waals surface area contributed by atoms with Gasteiger partial charge in [0, 0.05) is 49.9 Å². The van der Waals surface area contributed by atoms with E-state index in [-0.39, 0.29) is 28.8 Å². The van der Waals surface area contributed by atoms with E-state index in [1.54, 1.807) is 6.08 Å². The molecule has 3 N–H and O–H groups in total. The average Bonchev–Trinajstić information content (AvgIpc) is 3.71. The van der Waals surface area contributed by atoms with E-state index in [4.69, 9.17) is 4.74 Å². The lowest BCUT2D eigenvalue weighted by Gasteiger charge is -2.52. The van der Waals surface area contributed by atoms with Gasteiger partial charge in [0.15, 0.2) is 10.5 Å². The monoisotopic (exact) mass is 626 g/mol. The number of thioether (sulfide) groups is 1. The second kappa shape index (κ2) is 13.7. The lowest BCUT2D eigenvalue weighted by atomic mass is 9.80. The summed E-state index contributed by atoms with van der Waals surface area (Å²) >= 11 is 1.34. The van der Waals surface area contributed by atoms with E-state index in [2.05, 4.69) is 77.4 Å². The van der Waals surface area contributed by atoms with E-state index < -0.39 is 12.5 Å². The van der Waals surface area contributed by atoms with Crippen LogP contribution < -0.4 is 16.1 Å². The number of hydrogen-bond donors (Lipinski definition) is 3. The van der Waals surface area contributed by atoms with Crippen LogP contribution in [0, 0.1) is 35.0 Å². The van der Waals surface area contributed by atoms with Gasteiger partial charge in [-0.2, -0.15) is 5.10 Å². The van der Waals surface area contributed by atoms with E-state index >= 15 is 0 Å². The number of halogens is 2. The maximum Gasteiger partial charge on any atom is 0.261 e. The first kappa shape index (κ1) is 33.5. The third kappa shape index (κ3) is 7.99. The summed E-state index contributed by atoms with van der Waals surface area (Å²) in [7, 11) is 3.34. The van der Waals surface area contributed by atoms with Gasteiger partial charge in [0.1, 0.15) is 11.8 Å². The van der Waals surface area contributed by atoms with E-state index in [1.807, 2.05) is 25.8 Å². The number of likely N-dealkylation sites (tertiary alicyclic amines) is 1. The van der Waals surface area contributed by atoms with Crippen LogP contribution in [0.3, 0.4) is 0 Å². The molecule has 0 radical (unpaired) electrons. The molecule has 1 aliphatic carbocycles. The van der Waals surface area contributed by atoms with Gasteiger partial charge in [0.2, 0.25) is 0 Å². The predicted molar refractivity (Wildman–Crippen MR) is 173 cm³/mol. The highest BCUT2D eigenvalue weighted by atomic mass is 32.2. The third-order valence-corrected chi connectivity index (χ3v) is 8.62. The molecule has 5 aliphatic rings. The number of hydrogen-bond acceptors (Lipinski definition) is 8. The third-order valence-electron chi connectivity index (χ3n) is 7.74. The fourth-order valence-corrected chi connectivity index (χ4v) is 5.79. The molecular weight excluding hydrogens is 582 g/mol. The second-order valence-electron chi connectivity index (χ2n) is 12.5. The molecule has 0 spiro atoms. The highest BCUT2D eigenvalue weighted by Crippen LogP contribution is 2.35. The fraction of sp³-hybridized carbons (Fsp3) is 0.576. The van der Waals surface area contributed by atoms with E-state index in [1.165, 1.54) is 31.1 Å². The molecule has 238 valence electrons. The van der Waals surface area contributed by atoms with Crippen molar-refractivity contribution >= 4 is 22.8 Å². The summed E-state index contributed by atoms with van der Waals surface area (Å²) in [6.07, 6.45) is 4.24. The van der Waals surface area contributed by atoms with Gasteiger partial charge in [-0.05, 0) is 67.5 Å². The number of amidine groups is 1. The average molecular weight is 627 g/mol. The van der Waals surface area contributed by atoms with Crippen LogP contribution in [0.15, 0.2) is 51.6 Å². The number of carbonyl (C=O) groups excluding carboxylic acids is 1. The Morgan fingerprint density at radius 1 is 1.25 bits per heavy atom. The van der Waals surface area contributed by atoms with Crippen molar-refractivity contribution in [2.45, 2.75) is 77.8 Å². The highest BCUT2D eigenvalue weighted by Gasteiger charge is 2.41. The van der Waals surface area contributed by atoms with Crippen molar-refractivity contribution in [1.82, 2.24) is 25.9 Å². The Hall–Kier alpha value is -3.41. The molecule has 11 heteroatoms. The Balaban J connectivity index is 0.00000216. The molecule has 0 aromatic rings. The smallest absolute Gasteiger partial charge is 0.261 e. The molecule has 0 aromatic carbocycles. The van der Waals surface area contributed by atoms with Crippen molar-refractivity contribution in [2.24, 2.45) is 16.4 Å². The number of allylic oxidation sites excluding steroid dienone is 3. The quantitative estimate of drug-likeness (QED) is 0.391. The zero-order chi connectivity index (χ0) is 32.2. The summed E-state index contributed by atoms with van der Waals surface area (Å²) in [5.41, 5.74) is 4.84. The number of ether oxygens (including phenoxy) is 1. The van der Waals surface area contributed by atoms with Crippen molar-refractivity contribution in [3.63, 3.8) is 0 Å². The summed E-state index contributed by atoms with van der Waals surface area (Å²) < 4.78 is 33.1. The molecule has 5 rings (SSSR count). The van der Waals surface area contributed by atoms with Crippen molar-refractivity contribution < 1.29 is 18.3 Å². The molecule has 44 heavy (non-hydrogen) atoms. The molecule has 2 unspecified atom stereocenters. The van der Waals surface area contributed by atoms with Gasteiger partial charge in [-0.25, -0.2) is 8.78 Å². The number of rotatable bonds is 5. The van der Waals surface area contributed by atoms with Gasteiger partial charge in [-0.3, -0.25) is 20.4 Å². The van der Waals surface area contributed by atoms with Crippen molar-refractivity contribution in [2.75, 3.05) is 33.8 Å². The first-order valence-corrected chi connectivity index (χ1v) is 16.0. The first-order chi connectivity index (χ1) is 20.8. The van der Waals surface area contributed by atoms with E-state index in [9.17, 15) is 13.6 Å². The molecular formula is C33H44F2N6O2S. The molecule has 1 saturated carbocycles. The number of likely N-dealkylation sites (N-methyl/N-ethyl adjacent to an activating group) is 1. The van der Waals surface area contributed by atoms with Crippen LogP contribution in [0.5, 0.6) is 0 Å². The maximum atomic E-state index is 13.8. The summed E-state index contributed by atoms with van der Waals surface area (Å²) in [6, 6.07) is -1.23. The molecule has 8 nitrogen and oxygen atoms in total. The lowest BCUT2D eigenvalue weighted by Crippen LogP contribution is -2.60. The highest BCUT2D eigenvalue weighted by molar-refractivity contribution is 8.14. The summed E-state index contributed by atoms with van der Waals surface area (Å²) in [5.74, 6) is 13.5. The van der Waals surface area contributed by atoms with Crippen LogP contribution in [0.1, 0.15) is 54.4 Å². The minimum absolute atomic E-state index is 0.219. The summed E-state index contributed by atoms with van der Waals surface area (Å²) in [5, 5.41) is 9.98. The Kier molecular flexibility index (Phi) is 10.4. The van der Waals surface area contributed by atoms with Crippen molar-refractivity contribution in [3.8, 4) is 23.7 Å². The molecule has 2 fully saturated rings. The number of carbonyl (C=O) groups is 1. The Labute approximate surface area is 264 Å². The number of alkyl halides is 2. The van der Waals surface area contributed by atoms with Crippen LogP contribution in [0.25, 0.3) is 0 Å². The topological polar surface area (TPSA) is 81.2 Å². The van der Waals surface area contributed by atoms with Crippen LogP contribution in [0.4, 0.5) is 8.78 Å². The summed E-state index contributed by atoms with van der Waals surface area (Å²) in [4.78, 5) is 17.9. The maximum absolute atomic E-state index is 13.8. The zero-order valence-corrected chi connectivity index (χ0v) is 27.7. The Morgan fingerprint density at radius 3 is 2.57 bits per heavy atom. The van der Waals surface area contributed by atoms with Crippen LogP contribution >= 0.6 is 11.8 Å². The largest absolute Gasteiger partial charge is 0.495 e. The molecule has 4 aliphatic heterocycles. The standard InChI is InChI=1S/C31H38F2N6O2S.C2H6/c1-30(2)17-39(18-30)31(3,4)12-11-20-13-21(22-14-24(27(32)33)34-15-25(22)41-6)23(16-38(20)5)28(40)35-29-37-36-26(42-29)10-9-19-7-8-19;1-2/h13-15,19,24,26-27,34,36H,7-8,16-18H2,1-6H3,(H,35,37,40);1-2H3. The number of nitrogens with one attached hydrogen (secondary N) is 3. The Bertz CT molecular complexity index is 1410. The van der Waals surface area contributed by atoms with E-state index in [0.717, 1.165) is 25.9 Å². The molecule has 1 amide bonds. The van der Waals surface area contributed by atoms with E-state index in [0.29, 0.717) is 39.3 Å². The van der Waals surface area contributed by atoms with Crippen LogP contribution in [-0.2, 0) is 9.53 Å². The minimum atomic E-state index is -2.65. The van der Waals surface area contributed by atoms with Gasteiger partial charge in [0.25, 0.3) is 12.3 Å². The van der Waals surface area contributed by atoms with Gasteiger partial charge >= 0.3 is 0 Å². The fourth-order valence-electron chi connectivity index (χ4n) is 5.08. The minimum Gasteiger partial charge on any atom is -0.495 e. The molecule has 2 atom stereocenters. The zero-order valence-electron chi connectivity index (χ0n) is 26.9. The number of hydrazone groups is 1. The predicted octanol–water partition coefficient (Wildman–Crippen LogP) is 4.38. The van der Waals surface area contributed by atoms with Gasteiger partial charge < -0.3 is 15.0 Å². The molecule has 1 saturated heterocycles. The molecule has 0 aromatic heterocycles. The Morgan fingerprint density at radius 2 is 1.95 bits per heavy atom. The van der Waals surface area contributed by atoms with Crippen LogP contribution in [-0.4, -0.2) is 78.0 Å². The van der Waals surface area contributed by atoms with Crippen molar-refractivity contribution in [1.29, 1.82) is 0 Å². The number of methoxy groups -OCH3 is 1. The first-order valence-electron chi connectivity index (χ1n) is 15.1. The second-order valence-corrected chi connectivity index (χ2v) is 13.6. The van der Waals surface area contributed by atoms with Gasteiger partial charge in [-0.1, -0.05) is 45.5 Å². The number of nitrogens with zero attached hydrogens (tertiary/aromatic N) is 3.